The SMILES string of the molecule is COc1cc(O)c2c(c1)C[C@H](CO)OC2=O. The number of hydrogen-bond acceptors (Lipinski definition) is 5. The number of benzene rings is 1. The number of carbonyl (C=O) groups is 1. The average Bonchev–Trinajstić information content (AvgIpc) is 2.27. The van der Waals surface area contributed by atoms with Crippen LogP contribution in [0.2, 0.25) is 0 Å². The van der Waals surface area contributed by atoms with E-state index in [9.17, 15) is 9.90 Å². The maximum atomic E-state index is 11.5. The van der Waals surface area contributed by atoms with Gasteiger partial charge in [-0.3, -0.25) is 0 Å². The Kier molecular flexibility index (Phi) is 2.70. The van der Waals surface area contributed by atoms with Gasteiger partial charge in [0.15, 0.2) is 0 Å². The standard InChI is InChI=1S/C11H12O5/c1-15-7-2-6-3-8(5-12)16-11(14)10(6)9(13)4-7/h2,4,8,12-13H,3,5H2,1H3/t8-/m1/s1. The van der Waals surface area contributed by atoms with Gasteiger partial charge in [0.05, 0.1) is 13.7 Å². The molecule has 0 saturated carbocycles. The van der Waals surface area contributed by atoms with Crippen LogP contribution in [0.3, 0.4) is 0 Å². The van der Waals surface area contributed by atoms with Gasteiger partial charge in [-0.05, 0) is 11.6 Å². The van der Waals surface area contributed by atoms with Crippen LogP contribution in [-0.4, -0.2) is 36.0 Å². The zero-order valence-electron chi connectivity index (χ0n) is 8.77. The van der Waals surface area contributed by atoms with Crippen molar-refractivity contribution in [2.45, 2.75) is 12.5 Å². The summed E-state index contributed by atoms with van der Waals surface area (Å²) >= 11 is 0. The molecule has 0 saturated heterocycles. The van der Waals surface area contributed by atoms with Crippen LogP contribution >= 0.6 is 0 Å². The first-order valence-electron chi connectivity index (χ1n) is 4.87. The average molecular weight is 224 g/mol. The monoisotopic (exact) mass is 224 g/mol. The van der Waals surface area contributed by atoms with E-state index in [0.29, 0.717) is 17.7 Å². The summed E-state index contributed by atoms with van der Waals surface area (Å²) in [6.07, 6.45) is -0.172. The Bertz CT molecular complexity index is 427. The van der Waals surface area contributed by atoms with Crippen LogP contribution in [0.25, 0.3) is 0 Å². The lowest BCUT2D eigenvalue weighted by atomic mass is 9.97. The van der Waals surface area contributed by atoms with Crippen molar-refractivity contribution in [3.05, 3.63) is 23.3 Å². The second-order valence-corrected chi connectivity index (χ2v) is 3.59. The summed E-state index contributed by atoms with van der Waals surface area (Å²) in [6.45, 7) is -0.233. The van der Waals surface area contributed by atoms with E-state index < -0.39 is 12.1 Å². The maximum absolute atomic E-state index is 11.5. The molecule has 2 rings (SSSR count). The number of cyclic esters (lactones) is 1. The van der Waals surface area contributed by atoms with Crippen molar-refractivity contribution in [1.82, 2.24) is 0 Å². The van der Waals surface area contributed by atoms with E-state index in [-0.39, 0.29) is 17.9 Å². The molecule has 0 bridgehead atoms. The van der Waals surface area contributed by atoms with Gasteiger partial charge in [-0.2, -0.15) is 0 Å². The van der Waals surface area contributed by atoms with Crippen LogP contribution in [0.1, 0.15) is 15.9 Å². The van der Waals surface area contributed by atoms with Crippen LogP contribution in [0.5, 0.6) is 11.5 Å². The number of aliphatic hydroxyl groups is 1. The van der Waals surface area contributed by atoms with Crippen LogP contribution in [0, 0.1) is 0 Å². The van der Waals surface area contributed by atoms with Crippen molar-refractivity contribution in [2.75, 3.05) is 13.7 Å². The molecule has 0 amide bonds. The number of hydrogen-bond donors (Lipinski definition) is 2. The molecule has 86 valence electrons. The topological polar surface area (TPSA) is 76.0 Å². The first-order chi connectivity index (χ1) is 7.65. The van der Waals surface area contributed by atoms with E-state index in [0.717, 1.165) is 0 Å². The lowest BCUT2D eigenvalue weighted by Crippen LogP contribution is -2.30. The number of ether oxygens (including phenoxy) is 2. The van der Waals surface area contributed by atoms with E-state index in [1.807, 2.05) is 0 Å². The van der Waals surface area contributed by atoms with Crippen molar-refractivity contribution in [3.63, 3.8) is 0 Å². The summed E-state index contributed by atoms with van der Waals surface area (Å²) in [6, 6.07) is 3.03. The second-order valence-electron chi connectivity index (χ2n) is 3.59. The van der Waals surface area contributed by atoms with Crippen molar-refractivity contribution in [3.8, 4) is 11.5 Å². The largest absolute Gasteiger partial charge is 0.507 e. The van der Waals surface area contributed by atoms with Gasteiger partial charge in [0.2, 0.25) is 0 Å². The predicted octanol–water partition coefficient (Wildman–Crippen LogP) is 0.475. The molecule has 1 atom stereocenters. The molecule has 1 aromatic carbocycles. The van der Waals surface area contributed by atoms with Crippen molar-refractivity contribution in [1.29, 1.82) is 0 Å². The first kappa shape index (κ1) is 10.8. The van der Waals surface area contributed by atoms with Crippen LogP contribution < -0.4 is 4.74 Å². The Labute approximate surface area is 92.2 Å². The second kappa shape index (κ2) is 4.02. The third kappa shape index (κ3) is 1.69. The van der Waals surface area contributed by atoms with Gasteiger partial charge < -0.3 is 19.7 Å². The molecule has 1 aliphatic heterocycles. The summed E-state index contributed by atoms with van der Waals surface area (Å²) in [5.74, 6) is -0.293. The van der Waals surface area contributed by atoms with Crippen LogP contribution in [0.15, 0.2) is 12.1 Å². The number of carbonyl (C=O) groups excluding carboxylic acids is 1. The van der Waals surface area contributed by atoms with Gasteiger partial charge in [-0.25, -0.2) is 4.79 Å². The van der Waals surface area contributed by atoms with Gasteiger partial charge >= 0.3 is 5.97 Å². The number of methoxy groups -OCH3 is 1. The highest BCUT2D eigenvalue weighted by Gasteiger charge is 2.29. The van der Waals surface area contributed by atoms with Crippen LogP contribution in [-0.2, 0) is 11.2 Å². The van der Waals surface area contributed by atoms with Gasteiger partial charge in [0.1, 0.15) is 23.2 Å². The smallest absolute Gasteiger partial charge is 0.342 e. The molecule has 5 heteroatoms. The Hall–Kier alpha value is -1.75. The van der Waals surface area contributed by atoms with Gasteiger partial charge in [0, 0.05) is 12.5 Å². The summed E-state index contributed by atoms with van der Waals surface area (Å²) in [5, 5.41) is 18.6. The molecule has 0 aliphatic carbocycles. The highest BCUT2D eigenvalue weighted by Crippen LogP contribution is 2.32. The zero-order valence-corrected chi connectivity index (χ0v) is 8.77. The zero-order chi connectivity index (χ0) is 11.7. The predicted molar refractivity (Wildman–Crippen MR) is 54.7 cm³/mol. The Morgan fingerprint density at radius 3 is 2.94 bits per heavy atom. The van der Waals surface area contributed by atoms with E-state index in [2.05, 4.69) is 0 Å². The minimum absolute atomic E-state index is 0.157. The van der Waals surface area contributed by atoms with E-state index in [1.54, 1.807) is 6.07 Å². The number of aromatic hydroxyl groups is 1. The van der Waals surface area contributed by atoms with Crippen molar-refractivity contribution < 1.29 is 24.5 Å². The fourth-order valence-corrected chi connectivity index (χ4v) is 1.77. The summed E-state index contributed by atoms with van der Waals surface area (Å²) in [5.41, 5.74) is 0.789. The Morgan fingerprint density at radius 1 is 1.56 bits per heavy atom. The molecule has 0 radical (unpaired) electrons. The number of aliphatic hydroxyl groups excluding tert-OH is 1. The summed E-state index contributed by atoms with van der Waals surface area (Å²) in [7, 11) is 1.48. The third-order valence-corrected chi connectivity index (χ3v) is 2.54. The molecule has 0 fully saturated rings. The molecule has 1 aliphatic rings. The summed E-state index contributed by atoms with van der Waals surface area (Å²) in [4.78, 5) is 11.5. The highest BCUT2D eigenvalue weighted by molar-refractivity contribution is 5.95. The number of fused-ring (bicyclic) bond motifs is 1. The lowest BCUT2D eigenvalue weighted by molar-refractivity contribution is 0.00897. The molecule has 1 heterocycles. The number of esters is 1. The highest BCUT2D eigenvalue weighted by atomic mass is 16.6. The molecule has 0 spiro atoms. The number of phenols is 1. The number of rotatable bonds is 2. The molecule has 1 aromatic rings. The van der Waals surface area contributed by atoms with E-state index in [4.69, 9.17) is 14.6 Å². The molecule has 16 heavy (non-hydrogen) atoms. The molecule has 0 unspecified atom stereocenters. The fourth-order valence-electron chi connectivity index (χ4n) is 1.77. The Balaban J connectivity index is 2.47. The molecular weight excluding hydrogens is 212 g/mol. The molecular formula is C11H12O5. The first-order valence-corrected chi connectivity index (χ1v) is 4.87. The third-order valence-electron chi connectivity index (χ3n) is 2.54. The lowest BCUT2D eigenvalue weighted by Gasteiger charge is -2.24. The van der Waals surface area contributed by atoms with Gasteiger partial charge in [-0.1, -0.05) is 0 Å². The quantitative estimate of drug-likeness (QED) is 0.714. The Morgan fingerprint density at radius 2 is 2.31 bits per heavy atom. The minimum Gasteiger partial charge on any atom is -0.507 e. The van der Waals surface area contributed by atoms with E-state index in [1.165, 1.54) is 13.2 Å². The van der Waals surface area contributed by atoms with E-state index >= 15 is 0 Å². The van der Waals surface area contributed by atoms with Crippen LogP contribution in [0.4, 0.5) is 0 Å². The van der Waals surface area contributed by atoms with Crippen molar-refractivity contribution in [2.24, 2.45) is 0 Å². The molecule has 5 nitrogen and oxygen atoms in total. The van der Waals surface area contributed by atoms with Crippen molar-refractivity contribution >= 4 is 5.97 Å². The minimum atomic E-state index is -0.611. The summed E-state index contributed by atoms with van der Waals surface area (Å²) < 4.78 is 9.92. The fraction of sp³-hybridized carbons (Fsp3) is 0.364. The normalized spacial score (nSPS) is 18.9. The van der Waals surface area contributed by atoms with Gasteiger partial charge in [-0.15, -0.1) is 0 Å². The molecule has 0 aromatic heterocycles. The van der Waals surface area contributed by atoms with Gasteiger partial charge in [0.25, 0.3) is 0 Å². The number of phenolic OH excluding ortho intramolecular Hbond substituents is 1. The molecule has 2 N–H and O–H groups in total. The maximum Gasteiger partial charge on any atom is 0.342 e.